The van der Waals surface area contributed by atoms with Gasteiger partial charge < -0.3 is 10.6 Å². The van der Waals surface area contributed by atoms with Crippen molar-refractivity contribution in [1.82, 2.24) is 4.90 Å². The normalized spacial score (nSPS) is 18.9. The Hall–Kier alpha value is -1.49. The minimum Gasteiger partial charge on any atom is -0.342 e. The molecule has 0 aliphatic carbocycles. The van der Waals surface area contributed by atoms with Crippen LogP contribution in [0, 0.1) is 17.6 Å². The van der Waals surface area contributed by atoms with Crippen molar-refractivity contribution < 1.29 is 13.6 Å². The topological polar surface area (TPSA) is 46.3 Å². The number of nitrogens with zero attached hydrogens (tertiary/aromatic N) is 1. The van der Waals surface area contributed by atoms with Crippen molar-refractivity contribution in [2.45, 2.75) is 19.3 Å². The Kier molecular flexibility index (Phi) is 4.47. The van der Waals surface area contributed by atoms with E-state index in [1.165, 1.54) is 12.1 Å². The highest BCUT2D eigenvalue weighted by Gasteiger charge is 2.25. The third-order valence-corrected chi connectivity index (χ3v) is 3.61. The molecule has 104 valence electrons. The van der Waals surface area contributed by atoms with Crippen molar-refractivity contribution in [3.05, 3.63) is 35.4 Å². The van der Waals surface area contributed by atoms with Crippen LogP contribution in [-0.4, -0.2) is 30.4 Å². The average Bonchev–Trinajstić information content (AvgIpc) is 2.89. The third kappa shape index (κ3) is 3.29. The van der Waals surface area contributed by atoms with Gasteiger partial charge in [-0.25, -0.2) is 8.78 Å². The quantitative estimate of drug-likeness (QED) is 0.903. The molecule has 3 nitrogen and oxygen atoms in total. The van der Waals surface area contributed by atoms with Crippen LogP contribution in [0.25, 0.3) is 0 Å². The Balaban J connectivity index is 1.89. The van der Waals surface area contributed by atoms with E-state index in [1.54, 1.807) is 4.90 Å². The van der Waals surface area contributed by atoms with Gasteiger partial charge in [-0.1, -0.05) is 12.1 Å². The number of halogens is 2. The number of hydrogen-bond donors (Lipinski definition) is 1. The molecular weight excluding hydrogens is 250 g/mol. The molecule has 0 saturated carbocycles. The van der Waals surface area contributed by atoms with E-state index in [2.05, 4.69) is 0 Å². The van der Waals surface area contributed by atoms with Gasteiger partial charge in [-0.15, -0.1) is 0 Å². The second-order valence-corrected chi connectivity index (χ2v) is 4.94. The summed E-state index contributed by atoms with van der Waals surface area (Å²) in [5.74, 6) is -1.36. The van der Waals surface area contributed by atoms with Crippen molar-refractivity contribution in [3.8, 4) is 0 Å². The maximum Gasteiger partial charge on any atom is 0.222 e. The van der Waals surface area contributed by atoms with Crippen LogP contribution in [0.3, 0.4) is 0 Å². The molecule has 1 aliphatic heterocycles. The Morgan fingerprint density at radius 3 is 2.89 bits per heavy atom. The van der Waals surface area contributed by atoms with E-state index in [9.17, 15) is 13.6 Å². The fourth-order valence-corrected chi connectivity index (χ4v) is 2.39. The number of amides is 1. The fraction of sp³-hybridized carbons (Fsp3) is 0.500. The van der Waals surface area contributed by atoms with E-state index < -0.39 is 11.6 Å². The maximum atomic E-state index is 13.4. The largest absolute Gasteiger partial charge is 0.342 e. The van der Waals surface area contributed by atoms with Crippen LogP contribution in [0.5, 0.6) is 0 Å². The van der Waals surface area contributed by atoms with Gasteiger partial charge in [0, 0.05) is 19.5 Å². The molecule has 1 aromatic carbocycles. The van der Waals surface area contributed by atoms with Crippen molar-refractivity contribution >= 4 is 5.91 Å². The van der Waals surface area contributed by atoms with E-state index in [0.717, 1.165) is 12.5 Å². The second-order valence-electron chi connectivity index (χ2n) is 4.94. The molecule has 1 atom stereocenters. The number of carbonyl (C=O) groups is 1. The molecular formula is C14H18F2N2O. The van der Waals surface area contributed by atoms with Gasteiger partial charge in [-0.05, 0) is 36.9 Å². The number of aryl methyl sites for hydroxylation is 1. The van der Waals surface area contributed by atoms with Gasteiger partial charge >= 0.3 is 0 Å². The van der Waals surface area contributed by atoms with Crippen molar-refractivity contribution in [1.29, 1.82) is 0 Å². The third-order valence-electron chi connectivity index (χ3n) is 3.61. The predicted octanol–water partition coefficient (Wildman–Crippen LogP) is 1.70. The maximum absolute atomic E-state index is 13.4. The zero-order valence-corrected chi connectivity index (χ0v) is 10.7. The highest BCUT2D eigenvalue weighted by molar-refractivity contribution is 5.76. The molecule has 1 aliphatic rings. The first-order chi connectivity index (χ1) is 9.11. The summed E-state index contributed by atoms with van der Waals surface area (Å²) in [6.07, 6.45) is 1.36. The summed E-state index contributed by atoms with van der Waals surface area (Å²) in [7, 11) is 0. The van der Waals surface area contributed by atoms with E-state index in [-0.39, 0.29) is 24.3 Å². The summed E-state index contributed by atoms with van der Waals surface area (Å²) in [6, 6.07) is 4.05. The molecule has 2 N–H and O–H groups in total. The van der Waals surface area contributed by atoms with Gasteiger partial charge in [0.2, 0.25) is 5.91 Å². The zero-order valence-electron chi connectivity index (χ0n) is 10.7. The van der Waals surface area contributed by atoms with Gasteiger partial charge in [0.25, 0.3) is 0 Å². The number of hydrogen-bond acceptors (Lipinski definition) is 2. The number of carbonyl (C=O) groups excluding carboxylic acids is 1. The van der Waals surface area contributed by atoms with Crippen LogP contribution in [0.2, 0.25) is 0 Å². The van der Waals surface area contributed by atoms with Crippen molar-refractivity contribution in [2.24, 2.45) is 11.7 Å². The van der Waals surface area contributed by atoms with E-state index >= 15 is 0 Å². The molecule has 0 unspecified atom stereocenters. The molecule has 1 saturated heterocycles. The molecule has 1 amide bonds. The first-order valence-corrected chi connectivity index (χ1v) is 6.52. The molecule has 19 heavy (non-hydrogen) atoms. The summed E-state index contributed by atoms with van der Waals surface area (Å²) < 4.78 is 26.4. The van der Waals surface area contributed by atoms with Gasteiger partial charge in [0.1, 0.15) is 0 Å². The first kappa shape index (κ1) is 13.9. The lowest BCUT2D eigenvalue weighted by Crippen LogP contribution is -2.30. The zero-order chi connectivity index (χ0) is 13.8. The van der Waals surface area contributed by atoms with E-state index in [1.807, 2.05) is 0 Å². The Bertz CT molecular complexity index is 465. The van der Waals surface area contributed by atoms with Crippen LogP contribution in [0.1, 0.15) is 18.4 Å². The molecule has 1 fully saturated rings. The average molecular weight is 268 g/mol. The fourth-order valence-electron chi connectivity index (χ4n) is 2.39. The molecule has 0 radical (unpaired) electrons. The second kappa shape index (κ2) is 6.10. The standard InChI is InChI=1S/C14H18F2N2O/c15-12-3-1-2-11(14(12)16)4-5-13(19)18-7-6-10(8-17)9-18/h1-3,10H,4-9,17H2/t10-/m0/s1. The van der Waals surface area contributed by atoms with Crippen molar-refractivity contribution in [2.75, 3.05) is 19.6 Å². The smallest absolute Gasteiger partial charge is 0.222 e. The molecule has 0 bridgehead atoms. The number of nitrogens with two attached hydrogens (primary N) is 1. The minimum atomic E-state index is -0.866. The Morgan fingerprint density at radius 1 is 1.42 bits per heavy atom. The Morgan fingerprint density at radius 2 is 2.21 bits per heavy atom. The number of likely N-dealkylation sites (tertiary alicyclic amines) is 1. The number of rotatable bonds is 4. The summed E-state index contributed by atoms with van der Waals surface area (Å²) >= 11 is 0. The lowest BCUT2D eigenvalue weighted by Gasteiger charge is -2.16. The molecule has 0 spiro atoms. The Labute approximate surface area is 111 Å². The summed E-state index contributed by atoms with van der Waals surface area (Å²) in [5, 5.41) is 0. The lowest BCUT2D eigenvalue weighted by molar-refractivity contribution is -0.130. The van der Waals surface area contributed by atoms with Crippen molar-refractivity contribution in [3.63, 3.8) is 0 Å². The van der Waals surface area contributed by atoms with Crippen LogP contribution >= 0.6 is 0 Å². The van der Waals surface area contributed by atoms with Gasteiger partial charge in [-0.2, -0.15) is 0 Å². The van der Waals surface area contributed by atoms with Crippen LogP contribution in [0.4, 0.5) is 8.78 Å². The highest BCUT2D eigenvalue weighted by Crippen LogP contribution is 2.18. The van der Waals surface area contributed by atoms with Gasteiger partial charge in [0.05, 0.1) is 0 Å². The predicted molar refractivity (Wildman–Crippen MR) is 68.4 cm³/mol. The SMILES string of the molecule is NC[C@@H]1CCN(C(=O)CCc2cccc(F)c2F)C1. The first-order valence-electron chi connectivity index (χ1n) is 6.52. The van der Waals surface area contributed by atoms with Crippen LogP contribution in [0.15, 0.2) is 18.2 Å². The van der Waals surface area contributed by atoms with Crippen LogP contribution in [-0.2, 0) is 11.2 Å². The highest BCUT2D eigenvalue weighted by atomic mass is 19.2. The summed E-state index contributed by atoms with van der Waals surface area (Å²) in [5.41, 5.74) is 5.82. The van der Waals surface area contributed by atoms with Gasteiger partial charge in [0.15, 0.2) is 11.6 Å². The lowest BCUT2D eigenvalue weighted by atomic mass is 10.1. The molecule has 1 aromatic rings. The van der Waals surface area contributed by atoms with Gasteiger partial charge in [-0.3, -0.25) is 4.79 Å². The van der Waals surface area contributed by atoms with E-state index in [0.29, 0.717) is 25.6 Å². The molecule has 1 heterocycles. The number of benzene rings is 1. The minimum absolute atomic E-state index is 0.0142. The summed E-state index contributed by atoms with van der Waals surface area (Å²) in [6.45, 7) is 1.98. The molecule has 2 rings (SSSR count). The summed E-state index contributed by atoms with van der Waals surface area (Å²) in [4.78, 5) is 13.7. The van der Waals surface area contributed by atoms with E-state index in [4.69, 9.17) is 5.73 Å². The monoisotopic (exact) mass is 268 g/mol. The molecule has 5 heteroatoms. The molecule has 0 aromatic heterocycles. The van der Waals surface area contributed by atoms with Crippen LogP contribution < -0.4 is 5.73 Å².